The van der Waals surface area contributed by atoms with Crippen LogP contribution in [0.25, 0.3) is 0 Å². The Morgan fingerprint density at radius 3 is 2.52 bits per heavy atom. The van der Waals surface area contributed by atoms with Crippen LogP contribution in [0.3, 0.4) is 0 Å². The first-order valence-electron chi connectivity index (χ1n) is 7.61. The highest BCUT2D eigenvalue weighted by atomic mass is 19.1. The van der Waals surface area contributed by atoms with E-state index < -0.39 is 23.2 Å². The molecule has 1 amide bonds. The average Bonchev–Trinajstić information content (AvgIpc) is 3.04. The normalized spacial score (nSPS) is 14.7. The number of pyridine rings is 1. The van der Waals surface area contributed by atoms with Gasteiger partial charge in [-0.05, 0) is 37.1 Å². The van der Waals surface area contributed by atoms with E-state index in [1.165, 1.54) is 25.1 Å². The van der Waals surface area contributed by atoms with Crippen molar-refractivity contribution >= 4 is 17.3 Å². The molecule has 2 aromatic rings. The third kappa shape index (κ3) is 3.64. The van der Waals surface area contributed by atoms with Gasteiger partial charge in [0.2, 0.25) is 0 Å². The van der Waals surface area contributed by atoms with E-state index in [1.807, 2.05) is 0 Å². The third-order valence-electron chi connectivity index (χ3n) is 3.92. The molecule has 0 aliphatic heterocycles. The average molecular weight is 317 g/mol. The summed E-state index contributed by atoms with van der Waals surface area (Å²) >= 11 is 0. The molecular formula is C17H17F2N3O. The molecule has 0 saturated heterocycles. The lowest BCUT2D eigenvalue weighted by molar-refractivity contribution is 0.102. The highest BCUT2D eigenvalue weighted by molar-refractivity contribution is 6.03. The molecule has 4 nitrogen and oxygen atoms in total. The molecule has 1 saturated carbocycles. The van der Waals surface area contributed by atoms with E-state index in [-0.39, 0.29) is 5.69 Å². The van der Waals surface area contributed by atoms with E-state index in [0.717, 1.165) is 30.7 Å². The van der Waals surface area contributed by atoms with Crippen molar-refractivity contribution in [3.8, 4) is 0 Å². The molecule has 0 bridgehead atoms. The Balaban J connectivity index is 1.74. The number of hydrogen-bond acceptors (Lipinski definition) is 3. The molecule has 1 fully saturated rings. The molecule has 1 heterocycles. The van der Waals surface area contributed by atoms with E-state index in [0.29, 0.717) is 6.04 Å². The molecule has 0 atom stereocenters. The monoisotopic (exact) mass is 317 g/mol. The highest BCUT2D eigenvalue weighted by Gasteiger charge is 2.17. The van der Waals surface area contributed by atoms with Crippen molar-refractivity contribution < 1.29 is 13.6 Å². The Morgan fingerprint density at radius 1 is 1.13 bits per heavy atom. The topological polar surface area (TPSA) is 54.0 Å². The number of hydrogen-bond donors (Lipinski definition) is 2. The second kappa shape index (κ2) is 6.73. The molecular weight excluding hydrogens is 300 g/mol. The predicted molar refractivity (Wildman–Crippen MR) is 84.4 cm³/mol. The van der Waals surface area contributed by atoms with Crippen LogP contribution in [0.2, 0.25) is 0 Å². The van der Waals surface area contributed by atoms with Crippen molar-refractivity contribution in [2.45, 2.75) is 31.7 Å². The van der Waals surface area contributed by atoms with Crippen molar-refractivity contribution in [2.24, 2.45) is 0 Å². The lowest BCUT2D eigenvalue weighted by Gasteiger charge is -2.14. The predicted octanol–water partition coefficient (Wildman–Crippen LogP) is 3.97. The molecule has 120 valence electrons. The fourth-order valence-corrected chi connectivity index (χ4v) is 2.75. The Hall–Kier alpha value is -2.50. The van der Waals surface area contributed by atoms with Crippen LogP contribution in [0.1, 0.15) is 36.2 Å². The number of aromatic nitrogens is 1. The molecule has 23 heavy (non-hydrogen) atoms. The standard InChI is InChI=1S/C17H17F2N3O/c18-13-6-3-7-14(19)16(13)22-17(23)15-10-12(8-9-20-15)21-11-4-1-2-5-11/h3,6-11H,1-2,4-5H2,(H,20,21)(H,22,23). The molecule has 0 radical (unpaired) electrons. The lowest BCUT2D eigenvalue weighted by Crippen LogP contribution is -2.18. The second-order valence-electron chi connectivity index (χ2n) is 5.61. The Bertz CT molecular complexity index is 694. The quantitative estimate of drug-likeness (QED) is 0.897. The summed E-state index contributed by atoms with van der Waals surface area (Å²) in [6.45, 7) is 0. The van der Waals surface area contributed by atoms with Crippen molar-refractivity contribution in [3.63, 3.8) is 0 Å². The summed E-state index contributed by atoms with van der Waals surface area (Å²) < 4.78 is 27.2. The summed E-state index contributed by atoms with van der Waals surface area (Å²) in [6.07, 6.45) is 6.10. The third-order valence-corrected chi connectivity index (χ3v) is 3.92. The number of nitrogens with zero attached hydrogens (tertiary/aromatic N) is 1. The van der Waals surface area contributed by atoms with E-state index in [2.05, 4.69) is 15.6 Å². The first-order valence-corrected chi connectivity index (χ1v) is 7.61. The highest BCUT2D eigenvalue weighted by Crippen LogP contribution is 2.23. The number of carbonyl (C=O) groups excluding carboxylic acids is 1. The van der Waals surface area contributed by atoms with Crippen LogP contribution in [0.4, 0.5) is 20.2 Å². The molecule has 1 aromatic carbocycles. The minimum absolute atomic E-state index is 0.107. The summed E-state index contributed by atoms with van der Waals surface area (Å²) in [4.78, 5) is 16.1. The van der Waals surface area contributed by atoms with Crippen molar-refractivity contribution in [3.05, 3.63) is 53.9 Å². The van der Waals surface area contributed by atoms with Gasteiger partial charge in [0.25, 0.3) is 5.91 Å². The van der Waals surface area contributed by atoms with Gasteiger partial charge in [0.05, 0.1) is 0 Å². The molecule has 1 aliphatic carbocycles. The number of carbonyl (C=O) groups is 1. The van der Waals surface area contributed by atoms with Gasteiger partial charge in [-0.15, -0.1) is 0 Å². The zero-order valence-corrected chi connectivity index (χ0v) is 12.5. The largest absolute Gasteiger partial charge is 0.382 e. The SMILES string of the molecule is O=C(Nc1c(F)cccc1F)c1cc(NC2CCCC2)ccn1. The van der Waals surface area contributed by atoms with Gasteiger partial charge in [0.1, 0.15) is 23.0 Å². The zero-order valence-electron chi connectivity index (χ0n) is 12.5. The van der Waals surface area contributed by atoms with Crippen molar-refractivity contribution in [2.75, 3.05) is 10.6 Å². The summed E-state index contributed by atoms with van der Waals surface area (Å²) in [5, 5.41) is 5.59. The summed E-state index contributed by atoms with van der Waals surface area (Å²) in [5.74, 6) is -2.29. The first kappa shape index (κ1) is 15.4. The van der Waals surface area contributed by atoms with Gasteiger partial charge >= 0.3 is 0 Å². The molecule has 6 heteroatoms. The minimum atomic E-state index is -0.821. The minimum Gasteiger partial charge on any atom is -0.382 e. The number of anilines is 2. The number of para-hydroxylation sites is 1. The van der Waals surface area contributed by atoms with Gasteiger partial charge in [-0.25, -0.2) is 8.78 Å². The number of nitrogens with one attached hydrogen (secondary N) is 2. The zero-order chi connectivity index (χ0) is 16.2. The summed E-state index contributed by atoms with van der Waals surface area (Å²) in [7, 11) is 0. The molecule has 1 aromatic heterocycles. The van der Waals surface area contributed by atoms with Crippen LogP contribution < -0.4 is 10.6 Å². The van der Waals surface area contributed by atoms with Gasteiger partial charge in [-0.2, -0.15) is 0 Å². The molecule has 1 aliphatic rings. The van der Waals surface area contributed by atoms with E-state index >= 15 is 0 Å². The van der Waals surface area contributed by atoms with Crippen LogP contribution in [-0.2, 0) is 0 Å². The lowest BCUT2D eigenvalue weighted by atomic mass is 10.2. The summed E-state index contributed by atoms with van der Waals surface area (Å²) in [5.41, 5.74) is 0.426. The number of benzene rings is 1. The Kier molecular flexibility index (Phi) is 4.50. The maximum atomic E-state index is 13.6. The van der Waals surface area contributed by atoms with Gasteiger partial charge < -0.3 is 10.6 Å². The molecule has 0 unspecified atom stereocenters. The van der Waals surface area contributed by atoms with Crippen LogP contribution in [-0.4, -0.2) is 16.9 Å². The number of rotatable bonds is 4. The first-order chi connectivity index (χ1) is 11.1. The summed E-state index contributed by atoms with van der Waals surface area (Å²) in [6, 6.07) is 7.18. The van der Waals surface area contributed by atoms with Crippen molar-refractivity contribution in [1.29, 1.82) is 0 Å². The maximum absolute atomic E-state index is 13.6. The van der Waals surface area contributed by atoms with Crippen molar-refractivity contribution in [1.82, 2.24) is 4.98 Å². The fraction of sp³-hybridized carbons (Fsp3) is 0.294. The van der Waals surface area contributed by atoms with Gasteiger partial charge in [0.15, 0.2) is 0 Å². The van der Waals surface area contributed by atoms with Crippen LogP contribution in [0.15, 0.2) is 36.5 Å². The van der Waals surface area contributed by atoms with Gasteiger partial charge in [-0.1, -0.05) is 18.9 Å². The Labute approximate surface area is 132 Å². The smallest absolute Gasteiger partial charge is 0.274 e. The Morgan fingerprint density at radius 2 is 1.83 bits per heavy atom. The molecule has 0 spiro atoms. The van der Waals surface area contributed by atoms with E-state index in [1.54, 1.807) is 12.1 Å². The molecule has 3 rings (SSSR count). The van der Waals surface area contributed by atoms with Gasteiger partial charge in [-0.3, -0.25) is 9.78 Å². The number of amides is 1. The van der Waals surface area contributed by atoms with E-state index in [9.17, 15) is 13.6 Å². The van der Waals surface area contributed by atoms with E-state index in [4.69, 9.17) is 0 Å². The second-order valence-corrected chi connectivity index (χ2v) is 5.61. The fourth-order valence-electron chi connectivity index (χ4n) is 2.75. The number of halogens is 2. The molecule has 2 N–H and O–H groups in total. The van der Waals surface area contributed by atoms with Gasteiger partial charge in [0, 0.05) is 17.9 Å². The van der Waals surface area contributed by atoms with Crippen LogP contribution >= 0.6 is 0 Å². The maximum Gasteiger partial charge on any atom is 0.274 e. The van der Waals surface area contributed by atoms with Crippen LogP contribution in [0.5, 0.6) is 0 Å². The van der Waals surface area contributed by atoms with Crippen LogP contribution in [0, 0.1) is 11.6 Å².